The van der Waals surface area contributed by atoms with Crippen LogP contribution in [0.3, 0.4) is 0 Å². The molecule has 0 saturated heterocycles. The molecular formula is C18H21N3O4. The summed E-state index contributed by atoms with van der Waals surface area (Å²) >= 11 is 0. The zero-order valence-electron chi connectivity index (χ0n) is 14.0. The normalized spacial score (nSPS) is 19.6. The molecule has 0 bridgehead atoms. The molecule has 1 heterocycles. The summed E-state index contributed by atoms with van der Waals surface area (Å²) in [4.78, 5) is 24.0. The molecule has 3 amide bonds. The number of hydrogen-bond acceptors (Lipinski definition) is 4. The van der Waals surface area contributed by atoms with Crippen molar-refractivity contribution in [3.8, 4) is 5.75 Å². The van der Waals surface area contributed by atoms with Crippen LogP contribution in [0.25, 0.3) is 0 Å². The van der Waals surface area contributed by atoms with Crippen LogP contribution in [-0.4, -0.2) is 23.7 Å². The molecule has 0 spiro atoms. The molecule has 1 aliphatic carbocycles. The van der Waals surface area contributed by atoms with Gasteiger partial charge in [-0.15, -0.1) is 0 Å². The Balaban J connectivity index is 1.80. The molecule has 0 saturated carbocycles. The van der Waals surface area contributed by atoms with Crippen LogP contribution in [0.15, 0.2) is 41.9 Å². The van der Waals surface area contributed by atoms with Crippen LogP contribution in [0.2, 0.25) is 0 Å². The van der Waals surface area contributed by atoms with Crippen LogP contribution in [0, 0.1) is 0 Å². The molecule has 0 aromatic heterocycles. The lowest BCUT2D eigenvalue weighted by Gasteiger charge is -2.28. The standard InChI is InChI=1S/C18H21N3O4/c1-3-25-12-7-8-13-11(9-12)5-4-6-14(13)20-17(23)15-16(22)10(2)19-18(24)21-15/h7-9,14,22H,2-6H2,1H3,(H,20,23)(H2,19,21,24)/t14-/m1/s1. The van der Waals surface area contributed by atoms with E-state index < -0.39 is 11.9 Å². The van der Waals surface area contributed by atoms with E-state index in [4.69, 9.17) is 4.74 Å². The van der Waals surface area contributed by atoms with Gasteiger partial charge in [0.1, 0.15) is 5.75 Å². The number of benzene rings is 1. The number of hydrogen-bond donors (Lipinski definition) is 4. The van der Waals surface area contributed by atoms with Crippen LogP contribution in [-0.2, 0) is 11.2 Å². The monoisotopic (exact) mass is 343 g/mol. The minimum Gasteiger partial charge on any atom is -0.504 e. The summed E-state index contributed by atoms with van der Waals surface area (Å²) in [5, 5.41) is 17.5. The van der Waals surface area contributed by atoms with Crippen molar-refractivity contribution in [1.29, 1.82) is 0 Å². The minimum atomic E-state index is -0.599. The number of carbonyl (C=O) groups excluding carboxylic acids is 2. The molecule has 1 aromatic carbocycles. The van der Waals surface area contributed by atoms with E-state index >= 15 is 0 Å². The SMILES string of the molecule is C=C1NC(=O)NC(C(=O)N[C@@H]2CCCc3cc(OCC)ccc32)=C1O. The Kier molecular flexibility index (Phi) is 4.65. The maximum absolute atomic E-state index is 12.5. The number of urea groups is 1. The second-order valence-corrected chi connectivity index (χ2v) is 5.99. The maximum atomic E-state index is 12.5. The van der Waals surface area contributed by atoms with Crippen LogP contribution in [0.1, 0.15) is 36.9 Å². The number of aryl methyl sites for hydroxylation is 1. The van der Waals surface area contributed by atoms with Crippen molar-refractivity contribution < 1.29 is 19.4 Å². The third-order valence-electron chi connectivity index (χ3n) is 4.30. The molecule has 0 unspecified atom stereocenters. The summed E-state index contributed by atoms with van der Waals surface area (Å²) in [7, 11) is 0. The summed E-state index contributed by atoms with van der Waals surface area (Å²) < 4.78 is 5.53. The molecule has 2 aliphatic rings. The predicted molar refractivity (Wildman–Crippen MR) is 91.9 cm³/mol. The van der Waals surface area contributed by atoms with E-state index in [1.807, 2.05) is 25.1 Å². The molecule has 1 atom stereocenters. The summed E-state index contributed by atoms with van der Waals surface area (Å²) in [5.41, 5.74) is 1.98. The Morgan fingerprint density at radius 3 is 3.00 bits per heavy atom. The molecule has 1 aliphatic heterocycles. The molecule has 0 radical (unpaired) electrons. The van der Waals surface area contributed by atoms with Gasteiger partial charge in [-0.2, -0.15) is 0 Å². The van der Waals surface area contributed by atoms with E-state index in [0.29, 0.717) is 6.61 Å². The van der Waals surface area contributed by atoms with Crippen LogP contribution in [0.5, 0.6) is 5.75 Å². The zero-order chi connectivity index (χ0) is 18.0. The average molecular weight is 343 g/mol. The number of aliphatic hydroxyl groups excluding tert-OH is 1. The van der Waals surface area contributed by atoms with Crippen LogP contribution < -0.4 is 20.7 Å². The van der Waals surface area contributed by atoms with E-state index in [2.05, 4.69) is 22.5 Å². The minimum absolute atomic E-state index is 0.000648. The lowest BCUT2D eigenvalue weighted by Crippen LogP contribution is -2.46. The van der Waals surface area contributed by atoms with E-state index in [1.54, 1.807) is 0 Å². The van der Waals surface area contributed by atoms with Gasteiger partial charge in [0, 0.05) is 0 Å². The highest BCUT2D eigenvalue weighted by Gasteiger charge is 2.29. The lowest BCUT2D eigenvalue weighted by atomic mass is 9.87. The number of rotatable bonds is 4. The molecule has 7 heteroatoms. The third kappa shape index (κ3) is 3.45. The Hall–Kier alpha value is -2.96. The first kappa shape index (κ1) is 16.9. The fraction of sp³-hybridized carbons (Fsp3) is 0.333. The molecule has 25 heavy (non-hydrogen) atoms. The molecule has 3 rings (SSSR count). The molecule has 7 nitrogen and oxygen atoms in total. The highest BCUT2D eigenvalue weighted by atomic mass is 16.5. The third-order valence-corrected chi connectivity index (χ3v) is 4.30. The van der Waals surface area contributed by atoms with E-state index in [0.717, 1.165) is 36.1 Å². The van der Waals surface area contributed by atoms with E-state index in [1.165, 1.54) is 0 Å². The number of carbonyl (C=O) groups is 2. The number of ether oxygens (including phenoxy) is 1. The van der Waals surface area contributed by atoms with E-state index in [-0.39, 0.29) is 23.2 Å². The smallest absolute Gasteiger partial charge is 0.324 e. The van der Waals surface area contributed by atoms with Gasteiger partial charge in [0.25, 0.3) is 5.91 Å². The first-order chi connectivity index (χ1) is 12.0. The Morgan fingerprint density at radius 1 is 1.44 bits per heavy atom. The lowest BCUT2D eigenvalue weighted by molar-refractivity contribution is -0.118. The highest BCUT2D eigenvalue weighted by Crippen LogP contribution is 2.32. The van der Waals surface area contributed by atoms with Gasteiger partial charge in [0.05, 0.1) is 18.3 Å². The Morgan fingerprint density at radius 2 is 2.24 bits per heavy atom. The molecule has 132 valence electrons. The van der Waals surface area contributed by atoms with Gasteiger partial charge in [-0.1, -0.05) is 12.6 Å². The summed E-state index contributed by atoms with van der Waals surface area (Å²) in [6.07, 6.45) is 2.64. The molecule has 4 N–H and O–H groups in total. The zero-order valence-corrected chi connectivity index (χ0v) is 14.0. The highest BCUT2D eigenvalue weighted by molar-refractivity contribution is 6.00. The Labute approximate surface area is 145 Å². The number of fused-ring (bicyclic) bond motifs is 1. The van der Waals surface area contributed by atoms with Gasteiger partial charge >= 0.3 is 6.03 Å². The summed E-state index contributed by atoms with van der Waals surface area (Å²) in [6.45, 7) is 6.05. The molecule has 1 aromatic rings. The van der Waals surface area contributed by atoms with Crippen molar-refractivity contribution in [3.63, 3.8) is 0 Å². The van der Waals surface area contributed by atoms with Crippen molar-refractivity contribution in [3.05, 3.63) is 53.1 Å². The average Bonchev–Trinajstić information content (AvgIpc) is 2.58. The van der Waals surface area contributed by atoms with Crippen molar-refractivity contribution in [2.75, 3.05) is 6.61 Å². The molecular weight excluding hydrogens is 322 g/mol. The van der Waals surface area contributed by atoms with Crippen molar-refractivity contribution in [2.24, 2.45) is 0 Å². The molecule has 0 fully saturated rings. The fourth-order valence-corrected chi connectivity index (χ4v) is 3.14. The van der Waals surface area contributed by atoms with Crippen LogP contribution >= 0.6 is 0 Å². The van der Waals surface area contributed by atoms with Crippen molar-refractivity contribution >= 4 is 11.9 Å². The second-order valence-electron chi connectivity index (χ2n) is 5.99. The van der Waals surface area contributed by atoms with Crippen molar-refractivity contribution in [2.45, 2.75) is 32.2 Å². The quantitative estimate of drug-likeness (QED) is 0.673. The van der Waals surface area contributed by atoms with E-state index in [9.17, 15) is 14.7 Å². The van der Waals surface area contributed by atoms with Crippen LogP contribution in [0.4, 0.5) is 4.79 Å². The predicted octanol–water partition coefficient (Wildman–Crippen LogP) is 2.17. The topological polar surface area (TPSA) is 99.7 Å². The fourth-order valence-electron chi connectivity index (χ4n) is 3.14. The summed E-state index contributed by atoms with van der Waals surface area (Å²) in [6, 6.07) is 5.06. The largest absolute Gasteiger partial charge is 0.504 e. The number of amides is 3. The number of nitrogens with one attached hydrogen (secondary N) is 3. The van der Waals surface area contributed by atoms with Gasteiger partial charge in [-0.05, 0) is 49.4 Å². The first-order valence-corrected chi connectivity index (χ1v) is 8.26. The second kappa shape index (κ2) is 6.88. The first-order valence-electron chi connectivity index (χ1n) is 8.26. The number of aliphatic hydroxyl groups is 1. The van der Waals surface area contributed by atoms with Gasteiger partial charge in [0.2, 0.25) is 0 Å². The van der Waals surface area contributed by atoms with Gasteiger partial charge < -0.3 is 20.5 Å². The van der Waals surface area contributed by atoms with Gasteiger partial charge in [-0.3, -0.25) is 10.1 Å². The Bertz CT molecular complexity index is 770. The van der Waals surface area contributed by atoms with Gasteiger partial charge in [0.15, 0.2) is 11.5 Å². The summed E-state index contributed by atoms with van der Waals surface area (Å²) in [5.74, 6) is -0.0874. The van der Waals surface area contributed by atoms with Gasteiger partial charge in [-0.25, -0.2) is 4.79 Å². The van der Waals surface area contributed by atoms with Crippen molar-refractivity contribution in [1.82, 2.24) is 16.0 Å². The maximum Gasteiger partial charge on any atom is 0.324 e.